The van der Waals surface area contributed by atoms with Gasteiger partial charge in [-0.1, -0.05) is 0 Å². The molecule has 19 heteroatoms. The quantitative estimate of drug-likeness (QED) is 0.135. The Morgan fingerprint density at radius 2 is 1.17 bits per heavy atom. The Labute approximate surface area is 295 Å². The molecule has 4 aliphatic heterocycles. The highest BCUT2D eigenvalue weighted by Crippen LogP contribution is 2.50. The first-order valence-corrected chi connectivity index (χ1v) is 16.5. The topological polar surface area (TPSA) is 315 Å². The molecule has 0 aromatic heterocycles. The van der Waals surface area contributed by atoms with E-state index in [1.54, 1.807) is 0 Å². The van der Waals surface area contributed by atoms with Crippen LogP contribution in [0.15, 0.2) is 24.3 Å². The minimum Gasteiger partial charge on any atom is -0.508 e. The van der Waals surface area contributed by atoms with E-state index in [9.17, 15) is 66.1 Å². The number of carbonyl (C=O) groups excluding carboxylic acids is 1. The number of phenolic OH excluding ortho intramolecular Hbond substituents is 4. The maximum Gasteiger partial charge on any atom is 0.229 e. The molecule has 0 bridgehead atoms. The number of ether oxygens (including phenoxy) is 6. The van der Waals surface area contributed by atoms with Crippen molar-refractivity contribution >= 4 is 5.78 Å². The molecular formula is C33H42O19. The van der Waals surface area contributed by atoms with Crippen molar-refractivity contribution in [2.45, 2.75) is 119 Å². The van der Waals surface area contributed by atoms with Crippen LogP contribution in [0.2, 0.25) is 0 Å². The molecule has 288 valence electrons. The minimum atomic E-state index is -1.88. The Kier molecular flexibility index (Phi) is 10.5. The van der Waals surface area contributed by atoms with E-state index in [0.717, 1.165) is 24.3 Å². The second kappa shape index (κ2) is 14.3. The molecule has 52 heavy (non-hydrogen) atoms. The van der Waals surface area contributed by atoms with Gasteiger partial charge in [-0.3, -0.25) is 4.79 Å². The summed E-state index contributed by atoms with van der Waals surface area (Å²) >= 11 is 0. The maximum atomic E-state index is 14.5. The third-order valence-corrected chi connectivity index (χ3v) is 9.97. The van der Waals surface area contributed by atoms with Gasteiger partial charge in [0.2, 0.25) is 12.0 Å². The molecule has 6 rings (SSSR count). The first-order chi connectivity index (χ1) is 24.4. The number of aliphatic hydroxyl groups excluding tert-OH is 8. The van der Waals surface area contributed by atoms with Gasteiger partial charge in [0.15, 0.2) is 23.6 Å². The van der Waals surface area contributed by atoms with Crippen molar-refractivity contribution in [3.05, 3.63) is 35.4 Å². The summed E-state index contributed by atoms with van der Waals surface area (Å²) in [7, 11) is 0. The van der Waals surface area contributed by atoms with E-state index in [1.807, 2.05) is 0 Å². The SMILES string of the molecule is C[C@@H]1O[C@@H](O[C@@H]2[C@H](O)[C@@H](O)[C@H](C)O[C@H]2C2C(=O)c3c(O)cc(O)cc3OC2c2cc(O)c(O)c(O[C@@H]3O[C@H](C)[C@@H](O)[C@H](O)[C@@H]3O)c2)[C@H](O)[C@H](O)[C@H]1O. The van der Waals surface area contributed by atoms with Crippen LogP contribution in [0.1, 0.15) is 42.8 Å². The van der Waals surface area contributed by atoms with Crippen LogP contribution in [-0.2, 0) is 18.9 Å². The van der Waals surface area contributed by atoms with Crippen LogP contribution in [0.25, 0.3) is 0 Å². The van der Waals surface area contributed by atoms with Crippen LogP contribution >= 0.6 is 0 Å². The number of phenols is 4. The molecule has 4 aliphatic rings. The Hall–Kier alpha value is -3.57. The standard InChI is InChI=1S/C33H42O19/c1-8-21(39)26(44)31(52-33-28(46)25(43)20(38)10(3)49-33)30(47-8)18-23(41)17-13(35)6-12(34)7-15(17)50-29(18)11-4-14(36)22(40)16(5-11)51-32-27(45)24(42)19(37)9(2)48-32/h4-10,18-21,24-40,42-46H,1-3H3/t8-,9+,10-,18?,19+,20-,21-,24-,25+,26+,27-,28+,29?,30-,31+,32-,33-/m0/s1. The van der Waals surface area contributed by atoms with Crippen molar-refractivity contribution in [2.75, 3.05) is 0 Å². The second-order valence-electron chi connectivity index (χ2n) is 13.5. The van der Waals surface area contributed by atoms with Gasteiger partial charge in [0.1, 0.15) is 90.0 Å². The Balaban J connectivity index is 1.44. The fourth-order valence-electron chi connectivity index (χ4n) is 6.94. The van der Waals surface area contributed by atoms with Gasteiger partial charge in [-0.25, -0.2) is 0 Å². The van der Waals surface area contributed by atoms with Crippen LogP contribution in [0.4, 0.5) is 0 Å². The van der Waals surface area contributed by atoms with E-state index in [0.29, 0.717) is 0 Å². The molecule has 2 unspecified atom stereocenters. The van der Waals surface area contributed by atoms with Crippen LogP contribution in [0, 0.1) is 5.92 Å². The number of carbonyl (C=O) groups is 1. The molecule has 2 aromatic carbocycles. The predicted octanol–water partition coefficient (Wildman–Crippen LogP) is -2.63. The van der Waals surface area contributed by atoms with E-state index < -0.39 is 144 Å². The number of benzene rings is 2. The smallest absolute Gasteiger partial charge is 0.229 e. The molecule has 0 saturated carbocycles. The van der Waals surface area contributed by atoms with E-state index in [1.165, 1.54) is 20.8 Å². The molecule has 0 radical (unpaired) electrons. The van der Waals surface area contributed by atoms with Gasteiger partial charge in [0.25, 0.3) is 0 Å². The number of hydrogen-bond acceptors (Lipinski definition) is 19. The fourth-order valence-corrected chi connectivity index (χ4v) is 6.94. The molecular weight excluding hydrogens is 700 g/mol. The molecule has 17 atom stereocenters. The first-order valence-electron chi connectivity index (χ1n) is 16.5. The highest BCUT2D eigenvalue weighted by Gasteiger charge is 2.56. The van der Waals surface area contributed by atoms with Crippen LogP contribution in [0.3, 0.4) is 0 Å². The molecule has 19 nitrogen and oxygen atoms in total. The Morgan fingerprint density at radius 3 is 1.81 bits per heavy atom. The molecule has 0 amide bonds. The lowest BCUT2D eigenvalue weighted by atomic mass is 9.77. The van der Waals surface area contributed by atoms with Crippen LogP contribution in [0.5, 0.6) is 34.5 Å². The fraction of sp³-hybridized carbons (Fsp3) is 0.606. The van der Waals surface area contributed by atoms with Gasteiger partial charge >= 0.3 is 0 Å². The summed E-state index contributed by atoms with van der Waals surface area (Å²) < 4.78 is 34.8. The van der Waals surface area contributed by atoms with Crippen molar-refractivity contribution < 1.29 is 94.5 Å². The highest BCUT2D eigenvalue weighted by molar-refractivity contribution is 6.04. The molecule has 3 saturated heterocycles. The van der Waals surface area contributed by atoms with Crippen molar-refractivity contribution in [2.24, 2.45) is 5.92 Å². The van der Waals surface area contributed by atoms with Gasteiger partial charge in [-0.15, -0.1) is 0 Å². The molecule has 0 aliphatic carbocycles. The number of hydrogen-bond donors (Lipinski definition) is 12. The lowest BCUT2D eigenvalue weighted by molar-refractivity contribution is -0.338. The lowest BCUT2D eigenvalue weighted by Crippen LogP contribution is -2.65. The number of fused-ring (bicyclic) bond motifs is 1. The summed E-state index contributed by atoms with van der Waals surface area (Å²) in [4.78, 5) is 14.5. The summed E-state index contributed by atoms with van der Waals surface area (Å²) in [5.41, 5.74) is -0.580. The average molecular weight is 743 g/mol. The highest BCUT2D eigenvalue weighted by atomic mass is 16.7. The summed E-state index contributed by atoms with van der Waals surface area (Å²) in [5.74, 6) is -6.42. The zero-order chi connectivity index (χ0) is 38.1. The zero-order valence-corrected chi connectivity index (χ0v) is 27.8. The van der Waals surface area contributed by atoms with E-state index in [4.69, 9.17) is 28.4 Å². The van der Waals surface area contributed by atoms with E-state index in [2.05, 4.69) is 0 Å². The van der Waals surface area contributed by atoms with Crippen molar-refractivity contribution in [3.63, 3.8) is 0 Å². The summed E-state index contributed by atoms with van der Waals surface area (Å²) in [6, 6.07) is 3.94. The first kappa shape index (κ1) is 38.2. The second-order valence-corrected chi connectivity index (χ2v) is 13.5. The molecule has 3 fully saturated rings. The maximum absolute atomic E-state index is 14.5. The minimum absolute atomic E-state index is 0.146. The normalized spacial score (nSPS) is 42.3. The van der Waals surface area contributed by atoms with Gasteiger partial charge in [0, 0.05) is 17.7 Å². The number of aromatic hydroxyl groups is 4. The van der Waals surface area contributed by atoms with Crippen molar-refractivity contribution in [1.29, 1.82) is 0 Å². The number of rotatable bonds is 6. The largest absolute Gasteiger partial charge is 0.508 e. The molecule has 12 N–H and O–H groups in total. The van der Waals surface area contributed by atoms with Crippen LogP contribution in [-0.4, -0.2) is 159 Å². The summed E-state index contributed by atoms with van der Waals surface area (Å²) in [5, 5.41) is 127. The van der Waals surface area contributed by atoms with Crippen molar-refractivity contribution in [1.82, 2.24) is 0 Å². The Morgan fingerprint density at radius 1 is 0.615 bits per heavy atom. The molecule has 0 spiro atoms. The number of aliphatic hydroxyl groups is 8. The molecule has 2 aromatic rings. The third kappa shape index (κ3) is 6.61. The predicted molar refractivity (Wildman–Crippen MR) is 167 cm³/mol. The van der Waals surface area contributed by atoms with E-state index in [-0.39, 0.29) is 11.3 Å². The summed E-state index contributed by atoms with van der Waals surface area (Å²) in [6.07, 6.45) is -25.5. The van der Waals surface area contributed by atoms with Gasteiger partial charge < -0.3 is 89.7 Å². The number of ketones is 1. The van der Waals surface area contributed by atoms with Crippen LogP contribution < -0.4 is 9.47 Å². The monoisotopic (exact) mass is 742 g/mol. The average Bonchev–Trinajstić information content (AvgIpc) is 3.09. The van der Waals surface area contributed by atoms with Gasteiger partial charge in [0.05, 0.1) is 24.2 Å². The molecule has 4 heterocycles. The van der Waals surface area contributed by atoms with Gasteiger partial charge in [-0.2, -0.15) is 0 Å². The van der Waals surface area contributed by atoms with Gasteiger partial charge in [-0.05, 0) is 32.9 Å². The number of Topliss-reactive ketones (excluding diaryl/α,β-unsaturated/α-hetero) is 1. The zero-order valence-electron chi connectivity index (χ0n) is 27.8. The third-order valence-electron chi connectivity index (χ3n) is 9.97. The Bertz CT molecular complexity index is 1640. The summed E-state index contributed by atoms with van der Waals surface area (Å²) in [6.45, 7) is 4.13. The lowest BCUT2D eigenvalue weighted by Gasteiger charge is -2.49. The van der Waals surface area contributed by atoms with Crippen molar-refractivity contribution in [3.8, 4) is 34.5 Å². The van der Waals surface area contributed by atoms with E-state index >= 15 is 0 Å².